The van der Waals surface area contributed by atoms with Gasteiger partial charge in [-0.25, -0.2) is 4.68 Å². The van der Waals surface area contributed by atoms with Crippen LogP contribution in [-0.2, 0) is 10.3 Å². The minimum absolute atomic E-state index is 0.148. The molecule has 2 aromatic heterocycles. The van der Waals surface area contributed by atoms with Gasteiger partial charge in [0, 0.05) is 39.4 Å². The first kappa shape index (κ1) is 18.8. The normalized spacial score (nSPS) is 17.1. The molecule has 1 saturated heterocycles. The fourth-order valence-electron chi connectivity index (χ4n) is 3.40. The Labute approximate surface area is 153 Å². The summed E-state index contributed by atoms with van der Waals surface area (Å²) in [5.74, 6) is 0.534. The second-order valence-electron chi connectivity index (χ2n) is 7.99. The first-order valence-corrected chi connectivity index (χ1v) is 9.35. The van der Waals surface area contributed by atoms with Gasteiger partial charge >= 0.3 is 0 Å². The van der Waals surface area contributed by atoms with Gasteiger partial charge < -0.3 is 15.0 Å². The number of piperidine rings is 1. The highest BCUT2D eigenvalue weighted by atomic mass is 16.5. The fraction of sp³-hybridized carbons (Fsp3) is 0.722. The van der Waals surface area contributed by atoms with Gasteiger partial charge in [-0.15, -0.1) is 0 Å². The van der Waals surface area contributed by atoms with Crippen LogP contribution in [0.4, 0.5) is 5.95 Å². The average Bonchev–Trinajstić information content (AvgIpc) is 3.01. The Balaban J connectivity index is 1.67. The molecule has 0 bridgehead atoms. The molecule has 1 aliphatic rings. The molecule has 0 radical (unpaired) electrons. The van der Waals surface area contributed by atoms with Crippen molar-refractivity contribution in [3.8, 4) is 0 Å². The number of ether oxygens (including phenoxy) is 1. The SMILES string of the molecule is COCCCN1CCC(Nc2nc3c(cnn3C(C)(C)C)c(=O)[nH]2)CC1. The van der Waals surface area contributed by atoms with Crippen LogP contribution in [-0.4, -0.2) is 64.0 Å². The number of anilines is 1. The number of hydrogen-bond donors (Lipinski definition) is 2. The largest absolute Gasteiger partial charge is 0.385 e. The van der Waals surface area contributed by atoms with Gasteiger partial charge in [0.2, 0.25) is 5.95 Å². The number of hydrogen-bond acceptors (Lipinski definition) is 6. The van der Waals surface area contributed by atoms with E-state index in [2.05, 4.69) is 46.1 Å². The second kappa shape index (κ2) is 7.75. The smallest absolute Gasteiger partial charge is 0.263 e. The van der Waals surface area contributed by atoms with Crippen molar-refractivity contribution in [1.82, 2.24) is 24.6 Å². The number of nitrogens with one attached hydrogen (secondary N) is 2. The molecule has 0 saturated carbocycles. The van der Waals surface area contributed by atoms with Crippen molar-refractivity contribution in [2.45, 2.75) is 51.6 Å². The van der Waals surface area contributed by atoms with Crippen LogP contribution < -0.4 is 10.9 Å². The summed E-state index contributed by atoms with van der Waals surface area (Å²) in [6, 6.07) is 0.320. The zero-order chi connectivity index (χ0) is 18.7. The van der Waals surface area contributed by atoms with Crippen molar-refractivity contribution >= 4 is 17.0 Å². The van der Waals surface area contributed by atoms with E-state index in [-0.39, 0.29) is 11.1 Å². The molecule has 144 valence electrons. The lowest BCUT2D eigenvalue weighted by atomic mass is 10.1. The summed E-state index contributed by atoms with van der Waals surface area (Å²) in [5, 5.41) is 8.29. The maximum atomic E-state index is 12.4. The van der Waals surface area contributed by atoms with Crippen molar-refractivity contribution < 1.29 is 4.74 Å². The van der Waals surface area contributed by atoms with E-state index in [0.717, 1.165) is 45.5 Å². The Kier molecular flexibility index (Phi) is 5.62. The number of methoxy groups -OCH3 is 1. The van der Waals surface area contributed by atoms with E-state index in [0.29, 0.717) is 23.0 Å². The molecule has 1 aliphatic heterocycles. The quantitative estimate of drug-likeness (QED) is 0.762. The van der Waals surface area contributed by atoms with Gasteiger partial charge in [0.15, 0.2) is 5.65 Å². The highest BCUT2D eigenvalue weighted by Crippen LogP contribution is 2.20. The predicted octanol–water partition coefficient (Wildman–Crippen LogP) is 1.79. The number of H-pyrrole nitrogens is 1. The van der Waals surface area contributed by atoms with Gasteiger partial charge in [-0.3, -0.25) is 9.78 Å². The molecule has 1 fully saturated rings. The molecular formula is C18H30N6O2. The van der Waals surface area contributed by atoms with Crippen LogP contribution in [0.25, 0.3) is 11.0 Å². The summed E-state index contributed by atoms with van der Waals surface area (Å²) in [6.45, 7) is 10.1. The maximum absolute atomic E-state index is 12.4. The molecule has 0 unspecified atom stereocenters. The Morgan fingerprint density at radius 3 is 2.73 bits per heavy atom. The van der Waals surface area contributed by atoms with E-state index in [1.54, 1.807) is 18.0 Å². The minimum atomic E-state index is -0.229. The lowest BCUT2D eigenvalue weighted by molar-refractivity contribution is 0.159. The standard InChI is InChI=1S/C18H30N6O2/c1-18(2,3)24-15-14(12-19-24)16(25)22-17(21-15)20-13-6-9-23(10-7-13)8-5-11-26-4/h12-13H,5-11H2,1-4H3,(H2,20,21,22,25). The molecule has 0 spiro atoms. The Bertz CT molecular complexity index is 783. The van der Waals surface area contributed by atoms with Crippen LogP contribution >= 0.6 is 0 Å². The zero-order valence-electron chi connectivity index (χ0n) is 16.2. The van der Waals surface area contributed by atoms with Crippen LogP contribution in [0.1, 0.15) is 40.0 Å². The molecule has 0 atom stereocenters. The molecule has 3 heterocycles. The number of fused-ring (bicyclic) bond motifs is 1. The third-order valence-corrected chi connectivity index (χ3v) is 4.82. The summed E-state index contributed by atoms with van der Waals surface area (Å²) in [6.07, 6.45) is 4.73. The molecule has 26 heavy (non-hydrogen) atoms. The number of aromatic amines is 1. The lowest BCUT2D eigenvalue weighted by Crippen LogP contribution is -2.40. The Hall–Kier alpha value is -1.93. The third kappa shape index (κ3) is 4.24. The summed E-state index contributed by atoms with van der Waals surface area (Å²) in [7, 11) is 1.74. The van der Waals surface area contributed by atoms with E-state index in [9.17, 15) is 4.79 Å². The van der Waals surface area contributed by atoms with Crippen LogP contribution in [0.15, 0.2) is 11.0 Å². The summed E-state index contributed by atoms with van der Waals surface area (Å²) in [5.41, 5.74) is 0.249. The van der Waals surface area contributed by atoms with Gasteiger partial charge in [-0.05, 0) is 40.0 Å². The Morgan fingerprint density at radius 1 is 1.35 bits per heavy atom. The summed E-state index contributed by atoms with van der Waals surface area (Å²) >= 11 is 0. The van der Waals surface area contributed by atoms with Crippen LogP contribution in [0.3, 0.4) is 0 Å². The van der Waals surface area contributed by atoms with E-state index in [4.69, 9.17) is 4.74 Å². The van der Waals surface area contributed by atoms with Crippen LogP contribution in [0, 0.1) is 0 Å². The van der Waals surface area contributed by atoms with Gasteiger partial charge in [-0.1, -0.05) is 0 Å². The molecular weight excluding hydrogens is 332 g/mol. The minimum Gasteiger partial charge on any atom is -0.385 e. The topological polar surface area (TPSA) is 88.1 Å². The highest BCUT2D eigenvalue weighted by molar-refractivity contribution is 5.74. The van der Waals surface area contributed by atoms with Crippen LogP contribution in [0.2, 0.25) is 0 Å². The van der Waals surface area contributed by atoms with Gasteiger partial charge in [0.1, 0.15) is 5.39 Å². The third-order valence-electron chi connectivity index (χ3n) is 4.82. The molecule has 3 rings (SSSR count). The van der Waals surface area contributed by atoms with Crippen molar-refractivity contribution in [2.75, 3.05) is 38.7 Å². The number of rotatable bonds is 6. The maximum Gasteiger partial charge on any atom is 0.263 e. The van der Waals surface area contributed by atoms with Gasteiger partial charge in [0.05, 0.1) is 11.7 Å². The van der Waals surface area contributed by atoms with Gasteiger partial charge in [-0.2, -0.15) is 10.1 Å². The monoisotopic (exact) mass is 362 g/mol. The fourth-order valence-corrected chi connectivity index (χ4v) is 3.40. The molecule has 0 aliphatic carbocycles. The highest BCUT2D eigenvalue weighted by Gasteiger charge is 2.22. The van der Waals surface area contributed by atoms with Gasteiger partial charge in [0.25, 0.3) is 5.56 Å². The Morgan fingerprint density at radius 2 is 2.08 bits per heavy atom. The summed E-state index contributed by atoms with van der Waals surface area (Å²) < 4.78 is 6.92. The van der Waals surface area contributed by atoms with Crippen molar-refractivity contribution in [3.63, 3.8) is 0 Å². The van der Waals surface area contributed by atoms with Crippen molar-refractivity contribution in [1.29, 1.82) is 0 Å². The molecule has 8 heteroatoms. The molecule has 2 aromatic rings. The molecule has 8 nitrogen and oxygen atoms in total. The first-order valence-electron chi connectivity index (χ1n) is 9.35. The van der Waals surface area contributed by atoms with E-state index in [1.807, 2.05) is 0 Å². The predicted molar refractivity (Wildman–Crippen MR) is 103 cm³/mol. The van der Waals surface area contributed by atoms with Crippen molar-refractivity contribution in [2.24, 2.45) is 0 Å². The first-order chi connectivity index (χ1) is 12.4. The molecule has 2 N–H and O–H groups in total. The van der Waals surface area contributed by atoms with Crippen molar-refractivity contribution in [3.05, 3.63) is 16.6 Å². The zero-order valence-corrected chi connectivity index (χ0v) is 16.2. The van der Waals surface area contributed by atoms with E-state index < -0.39 is 0 Å². The summed E-state index contributed by atoms with van der Waals surface area (Å²) in [4.78, 5) is 22.3. The number of nitrogens with zero attached hydrogens (tertiary/aromatic N) is 4. The lowest BCUT2D eigenvalue weighted by Gasteiger charge is -2.32. The van der Waals surface area contributed by atoms with E-state index in [1.165, 1.54) is 0 Å². The molecule has 0 aromatic carbocycles. The second-order valence-corrected chi connectivity index (χ2v) is 7.99. The van der Waals surface area contributed by atoms with Crippen LogP contribution in [0.5, 0.6) is 0 Å². The van der Waals surface area contributed by atoms with E-state index >= 15 is 0 Å². The molecule has 0 amide bonds. The number of aromatic nitrogens is 4. The number of likely N-dealkylation sites (tertiary alicyclic amines) is 1. The average molecular weight is 362 g/mol.